The van der Waals surface area contributed by atoms with Crippen LogP contribution in [0.2, 0.25) is 0 Å². The van der Waals surface area contributed by atoms with Gasteiger partial charge in [0.2, 0.25) is 0 Å². The highest BCUT2D eigenvalue weighted by molar-refractivity contribution is 6.06. The van der Waals surface area contributed by atoms with Crippen LogP contribution in [-0.4, -0.2) is 42.0 Å². The number of aromatic nitrogens is 1. The summed E-state index contributed by atoms with van der Waals surface area (Å²) in [6, 6.07) is 7.88. The third-order valence-electron chi connectivity index (χ3n) is 3.75. The second kappa shape index (κ2) is 5.45. The van der Waals surface area contributed by atoms with Crippen LogP contribution in [0, 0.1) is 0 Å². The fourth-order valence-electron chi connectivity index (χ4n) is 2.69. The number of fused-ring (bicyclic) bond motifs is 1. The van der Waals surface area contributed by atoms with Crippen molar-refractivity contribution in [2.24, 2.45) is 0 Å². The van der Waals surface area contributed by atoms with Crippen molar-refractivity contribution in [1.82, 2.24) is 15.2 Å². The number of nitrogens with one attached hydrogen (secondary N) is 2. The first-order chi connectivity index (χ1) is 9.34. The largest absolute Gasteiger partial charge is 0.360 e. The molecule has 1 aromatic heterocycles. The second-order valence-electron chi connectivity index (χ2n) is 5.05. The number of aromatic amines is 1. The van der Waals surface area contributed by atoms with Gasteiger partial charge in [0.1, 0.15) is 0 Å². The molecule has 1 amide bonds. The number of amides is 1. The molecule has 1 aliphatic heterocycles. The standard InChI is InChI=1S/C15H19N3O/c19-15(16-7-10-18-8-3-4-9-18)13-11-17-14-6-2-1-5-12(13)14/h1-2,5-6,11,17H,3-4,7-10H2,(H,16,19). The Labute approximate surface area is 112 Å². The predicted octanol–water partition coefficient (Wildman–Crippen LogP) is 1.99. The average Bonchev–Trinajstić information content (AvgIpc) is 3.07. The van der Waals surface area contributed by atoms with Gasteiger partial charge in [-0.3, -0.25) is 4.79 Å². The number of carbonyl (C=O) groups excluding carboxylic acids is 1. The Morgan fingerprint density at radius 3 is 2.89 bits per heavy atom. The molecule has 2 heterocycles. The highest BCUT2D eigenvalue weighted by Gasteiger charge is 2.13. The zero-order valence-corrected chi connectivity index (χ0v) is 11.0. The molecule has 19 heavy (non-hydrogen) atoms. The van der Waals surface area contributed by atoms with Gasteiger partial charge in [0.25, 0.3) is 5.91 Å². The molecule has 0 bridgehead atoms. The van der Waals surface area contributed by atoms with Crippen LogP contribution in [0.25, 0.3) is 10.9 Å². The highest BCUT2D eigenvalue weighted by Crippen LogP contribution is 2.17. The number of benzene rings is 1. The van der Waals surface area contributed by atoms with E-state index < -0.39 is 0 Å². The Kier molecular flexibility index (Phi) is 3.51. The van der Waals surface area contributed by atoms with E-state index in [0.717, 1.165) is 29.6 Å². The van der Waals surface area contributed by atoms with Crippen molar-refractivity contribution in [3.8, 4) is 0 Å². The lowest BCUT2D eigenvalue weighted by Crippen LogP contribution is -2.33. The van der Waals surface area contributed by atoms with E-state index >= 15 is 0 Å². The number of hydrogen-bond acceptors (Lipinski definition) is 2. The summed E-state index contributed by atoms with van der Waals surface area (Å²) >= 11 is 0. The van der Waals surface area contributed by atoms with E-state index in [1.165, 1.54) is 25.9 Å². The Hall–Kier alpha value is -1.81. The summed E-state index contributed by atoms with van der Waals surface area (Å²) in [6.07, 6.45) is 4.36. The van der Waals surface area contributed by atoms with Crippen molar-refractivity contribution in [3.63, 3.8) is 0 Å². The van der Waals surface area contributed by atoms with E-state index in [1.54, 1.807) is 6.20 Å². The number of hydrogen-bond donors (Lipinski definition) is 2. The summed E-state index contributed by atoms with van der Waals surface area (Å²) in [4.78, 5) is 17.7. The minimum atomic E-state index is 0.0108. The molecule has 100 valence electrons. The summed E-state index contributed by atoms with van der Waals surface area (Å²) < 4.78 is 0. The maximum absolute atomic E-state index is 12.1. The van der Waals surface area contributed by atoms with Gasteiger partial charge in [0.05, 0.1) is 5.56 Å². The summed E-state index contributed by atoms with van der Waals surface area (Å²) in [7, 11) is 0. The molecule has 2 N–H and O–H groups in total. The lowest BCUT2D eigenvalue weighted by atomic mass is 10.1. The number of para-hydroxylation sites is 1. The maximum Gasteiger partial charge on any atom is 0.253 e. The molecule has 0 unspecified atom stereocenters. The van der Waals surface area contributed by atoms with Gasteiger partial charge in [-0.05, 0) is 32.0 Å². The smallest absolute Gasteiger partial charge is 0.253 e. The Morgan fingerprint density at radius 1 is 1.26 bits per heavy atom. The van der Waals surface area contributed by atoms with Crippen molar-refractivity contribution in [1.29, 1.82) is 0 Å². The molecule has 4 nitrogen and oxygen atoms in total. The van der Waals surface area contributed by atoms with E-state index in [2.05, 4.69) is 15.2 Å². The fraction of sp³-hybridized carbons (Fsp3) is 0.400. The molecule has 1 aliphatic rings. The van der Waals surface area contributed by atoms with Gasteiger partial charge in [0.15, 0.2) is 0 Å². The van der Waals surface area contributed by atoms with Crippen LogP contribution in [0.5, 0.6) is 0 Å². The van der Waals surface area contributed by atoms with Gasteiger partial charge in [-0.2, -0.15) is 0 Å². The van der Waals surface area contributed by atoms with Crippen molar-refractivity contribution >= 4 is 16.8 Å². The zero-order chi connectivity index (χ0) is 13.1. The quantitative estimate of drug-likeness (QED) is 0.880. The average molecular weight is 257 g/mol. The van der Waals surface area contributed by atoms with Crippen LogP contribution in [0.15, 0.2) is 30.5 Å². The molecule has 4 heteroatoms. The Morgan fingerprint density at radius 2 is 2.05 bits per heavy atom. The lowest BCUT2D eigenvalue weighted by Gasteiger charge is -2.14. The summed E-state index contributed by atoms with van der Waals surface area (Å²) in [5, 5.41) is 3.99. The van der Waals surface area contributed by atoms with Gasteiger partial charge < -0.3 is 15.2 Å². The molecule has 2 aromatic rings. The first kappa shape index (κ1) is 12.2. The first-order valence-corrected chi connectivity index (χ1v) is 6.91. The van der Waals surface area contributed by atoms with E-state index in [4.69, 9.17) is 0 Å². The van der Waals surface area contributed by atoms with Crippen LogP contribution in [0.3, 0.4) is 0 Å². The van der Waals surface area contributed by atoms with Crippen molar-refractivity contribution < 1.29 is 4.79 Å². The van der Waals surface area contributed by atoms with Crippen LogP contribution in [0.1, 0.15) is 23.2 Å². The highest BCUT2D eigenvalue weighted by atomic mass is 16.1. The molecule has 1 fully saturated rings. The molecule has 1 saturated heterocycles. The normalized spacial score (nSPS) is 16.0. The molecule has 0 atom stereocenters. The van der Waals surface area contributed by atoms with Gasteiger partial charge in [-0.15, -0.1) is 0 Å². The minimum absolute atomic E-state index is 0.0108. The number of rotatable bonds is 4. The molecule has 0 radical (unpaired) electrons. The molecular weight excluding hydrogens is 238 g/mol. The van der Waals surface area contributed by atoms with Gasteiger partial charge in [0, 0.05) is 30.2 Å². The summed E-state index contributed by atoms with van der Waals surface area (Å²) in [5.41, 5.74) is 1.74. The topological polar surface area (TPSA) is 48.1 Å². The predicted molar refractivity (Wildman–Crippen MR) is 76.3 cm³/mol. The summed E-state index contributed by atoms with van der Waals surface area (Å²) in [5.74, 6) is 0.0108. The minimum Gasteiger partial charge on any atom is -0.360 e. The Balaban J connectivity index is 1.60. The molecule has 1 aromatic carbocycles. The van der Waals surface area contributed by atoms with E-state index in [-0.39, 0.29) is 5.91 Å². The van der Waals surface area contributed by atoms with Crippen LogP contribution in [-0.2, 0) is 0 Å². The van der Waals surface area contributed by atoms with Crippen LogP contribution >= 0.6 is 0 Å². The van der Waals surface area contributed by atoms with E-state index in [1.807, 2.05) is 24.3 Å². The molecule has 0 aliphatic carbocycles. The fourth-order valence-corrected chi connectivity index (χ4v) is 2.69. The van der Waals surface area contributed by atoms with Crippen molar-refractivity contribution in [3.05, 3.63) is 36.0 Å². The van der Waals surface area contributed by atoms with Crippen molar-refractivity contribution in [2.75, 3.05) is 26.2 Å². The maximum atomic E-state index is 12.1. The first-order valence-electron chi connectivity index (χ1n) is 6.91. The number of carbonyl (C=O) groups is 1. The van der Waals surface area contributed by atoms with Gasteiger partial charge in [-0.1, -0.05) is 18.2 Å². The number of nitrogens with zero attached hydrogens (tertiary/aromatic N) is 1. The van der Waals surface area contributed by atoms with E-state index in [0.29, 0.717) is 0 Å². The SMILES string of the molecule is O=C(NCCN1CCCC1)c1c[nH]c2ccccc12. The zero-order valence-electron chi connectivity index (χ0n) is 11.0. The van der Waals surface area contributed by atoms with Gasteiger partial charge >= 0.3 is 0 Å². The van der Waals surface area contributed by atoms with Crippen LogP contribution < -0.4 is 5.32 Å². The monoisotopic (exact) mass is 257 g/mol. The third kappa shape index (κ3) is 2.63. The lowest BCUT2D eigenvalue weighted by molar-refractivity contribution is 0.0951. The number of likely N-dealkylation sites (tertiary alicyclic amines) is 1. The third-order valence-corrected chi connectivity index (χ3v) is 3.75. The number of H-pyrrole nitrogens is 1. The second-order valence-corrected chi connectivity index (χ2v) is 5.05. The van der Waals surface area contributed by atoms with Gasteiger partial charge in [-0.25, -0.2) is 0 Å². The van der Waals surface area contributed by atoms with E-state index in [9.17, 15) is 4.79 Å². The summed E-state index contributed by atoms with van der Waals surface area (Å²) in [6.45, 7) is 4.01. The molecule has 0 spiro atoms. The molecule has 3 rings (SSSR count). The van der Waals surface area contributed by atoms with Crippen LogP contribution in [0.4, 0.5) is 0 Å². The Bertz CT molecular complexity index is 570. The molecular formula is C15H19N3O. The molecule has 0 saturated carbocycles. The van der Waals surface area contributed by atoms with Crippen molar-refractivity contribution in [2.45, 2.75) is 12.8 Å².